The summed E-state index contributed by atoms with van der Waals surface area (Å²) < 4.78 is 0. The van der Waals surface area contributed by atoms with Crippen LogP contribution in [-0.2, 0) is 6.54 Å². The molecule has 112 valence electrons. The Balaban J connectivity index is 1.93. The summed E-state index contributed by atoms with van der Waals surface area (Å²) in [6, 6.07) is 4.39. The normalized spacial score (nSPS) is 19.3. The number of nitrogens with zero attached hydrogens (tertiary/aromatic N) is 2. The Morgan fingerprint density at radius 3 is 2.80 bits per heavy atom. The average Bonchev–Trinajstić information content (AvgIpc) is 2.88. The first-order chi connectivity index (χ1) is 9.56. The molecular formula is C17H29N3. The maximum atomic E-state index is 4.47. The van der Waals surface area contributed by atoms with E-state index in [4.69, 9.17) is 0 Å². The quantitative estimate of drug-likeness (QED) is 0.863. The second kappa shape index (κ2) is 7.07. The zero-order valence-corrected chi connectivity index (χ0v) is 13.4. The summed E-state index contributed by atoms with van der Waals surface area (Å²) in [4.78, 5) is 6.98. The second-order valence-corrected chi connectivity index (χ2v) is 6.77. The smallest absolute Gasteiger partial charge is 0.0562 e. The first-order valence-corrected chi connectivity index (χ1v) is 7.97. The van der Waals surface area contributed by atoms with Gasteiger partial charge in [-0.2, -0.15) is 0 Å². The van der Waals surface area contributed by atoms with Crippen molar-refractivity contribution in [1.29, 1.82) is 0 Å². The third kappa shape index (κ3) is 4.20. The molecule has 0 saturated carbocycles. The molecule has 1 fully saturated rings. The lowest BCUT2D eigenvalue weighted by Gasteiger charge is -2.20. The fraction of sp³-hybridized carbons (Fsp3) is 0.706. The van der Waals surface area contributed by atoms with Crippen LogP contribution in [0.3, 0.4) is 0 Å². The van der Waals surface area contributed by atoms with Crippen LogP contribution in [0.1, 0.15) is 39.8 Å². The summed E-state index contributed by atoms with van der Waals surface area (Å²) in [6.45, 7) is 13.4. The summed E-state index contributed by atoms with van der Waals surface area (Å²) >= 11 is 0. The van der Waals surface area contributed by atoms with Gasteiger partial charge >= 0.3 is 0 Å². The highest BCUT2D eigenvalue weighted by Gasteiger charge is 2.25. The Hall–Kier alpha value is -1.09. The number of rotatable bonds is 6. The van der Waals surface area contributed by atoms with Crippen LogP contribution in [0.15, 0.2) is 18.3 Å². The van der Waals surface area contributed by atoms with Crippen molar-refractivity contribution in [2.75, 3.05) is 24.5 Å². The maximum Gasteiger partial charge on any atom is 0.0562 e. The second-order valence-electron chi connectivity index (χ2n) is 6.77. The van der Waals surface area contributed by atoms with Crippen molar-refractivity contribution in [3.63, 3.8) is 0 Å². The molecule has 20 heavy (non-hydrogen) atoms. The molecular weight excluding hydrogens is 246 g/mol. The Morgan fingerprint density at radius 1 is 1.35 bits per heavy atom. The van der Waals surface area contributed by atoms with Gasteiger partial charge in [-0.1, -0.05) is 27.7 Å². The van der Waals surface area contributed by atoms with Crippen LogP contribution in [0.25, 0.3) is 0 Å². The maximum absolute atomic E-state index is 4.47. The van der Waals surface area contributed by atoms with Gasteiger partial charge in [-0.25, -0.2) is 0 Å². The average molecular weight is 275 g/mol. The van der Waals surface area contributed by atoms with Gasteiger partial charge in [0.1, 0.15) is 0 Å². The van der Waals surface area contributed by atoms with Crippen LogP contribution in [0.5, 0.6) is 0 Å². The third-order valence-corrected chi connectivity index (χ3v) is 4.19. The summed E-state index contributed by atoms with van der Waals surface area (Å²) in [5.74, 6) is 2.31. The van der Waals surface area contributed by atoms with Gasteiger partial charge in [0.25, 0.3) is 0 Å². The highest BCUT2D eigenvalue weighted by molar-refractivity contribution is 5.47. The molecule has 1 N–H and O–H groups in total. The first-order valence-electron chi connectivity index (χ1n) is 7.97. The number of hydrogen-bond acceptors (Lipinski definition) is 3. The van der Waals surface area contributed by atoms with Crippen molar-refractivity contribution in [3.8, 4) is 0 Å². The number of nitrogens with one attached hydrogen (secondary N) is 1. The zero-order chi connectivity index (χ0) is 14.5. The molecule has 3 nitrogen and oxygen atoms in total. The van der Waals surface area contributed by atoms with Crippen molar-refractivity contribution in [2.45, 2.75) is 40.7 Å². The molecule has 0 aliphatic carbocycles. The lowest BCUT2D eigenvalue weighted by atomic mass is 9.95. The van der Waals surface area contributed by atoms with E-state index in [-0.39, 0.29) is 0 Å². The van der Waals surface area contributed by atoms with E-state index in [1.165, 1.54) is 25.2 Å². The molecule has 0 bridgehead atoms. The standard InChI is InChI=1S/C17H29N3/c1-13(2)10-18-11-16-9-17(5-7-19-16)20-8-6-15(12-20)14(3)4/h5,7,9,13-15,18H,6,8,10-12H2,1-4H3. The number of pyridine rings is 1. The summed E-state index contributed by atoms with van der Waals surface area (Å²) in [6.07, 6.45) is 3.27. The van der Waals surface area contributed by atoms with Crippen LogP contribution in [0.2, 0.25) is 0 Å². The molecule has 0 radical (unpaired) electrons. The summed E-state index contributed by atoms with van der Waals surface area (Å²) in [5.41, 5.74) is 2.49. The highest BCUT2D eigenvalue weighted by atomic mass is 15.2. The van der Waals surface area contributed by atoms with Gasteiger partial charge in [0.2, 0.25) is 0 Å². The molecule has 1 unspecified atom stereocenters. The minimum Gasteiger partial charge on any atom is -0.371 e. The van der Waals surface area contributed by atoms with E-state index in [0.29, 0.717) is 5.92 Å². The van der Waals surface area contributed by atoms with Crippen molar-refractivity contribution in [2.24, 2.45) is 17.8 Å². The van der Waals surface area contributed by atoms with Gasteiger partial charge in [0, 0.05) is 31.5 Å². The summed E-state index contributed by atoms with van der Waals surface area (Å²) in [7, 11) is 0. The number of anilines is 1. The molecule has 1 aromatic heterocycles. The Bertz CT molecular complexity index is 414. The van der Waals surface area contributed by atoms with Crippen molar-refractivity contribution < 1.29 is 0 Å². The van der Waals surface area contributed by atoms with Crippen LogP contribution in [0, 0.1) is 17.8 Å². The van der Waals surface area contributed by atoms with E-state index in [2.05, 4.69) is 55.0 Å². The topological polar surface area (TPSA) is 28.2 Å². The predicted molar refractivity (Wildman–Crippen MR) is 85.9 cm³/mol. The molecule has 0 spiro atoms. The minimum absolute atomic E-state index is 0.684. The molecule has 3 heteroatoms. The monoisotopic (exact) mass is 275 g/mol. The molecule has 1 aliphatic rings. The first kappa shape index (κ1) is 15.3. The van der Waals surface area contributed by atoms with E-state index < -0.39 is 0 Å². The predicted octanol–water partition coefficient (Wildman–Crippen LogP) is 3.31. The van der Waals surface area contributed by atoms with Crippen molar-refractivity contribution in [3.05, 3.63) is 24.0 Å². The lowest BCUT2D eigenvalue weighted by Crippen LogP contribution is -2.22. The van der Waals surface area contributed by atoms with Gasteiger partial charge in [0.05, 0.1) is 5.69 Å². The molecule has 1 atom stereocenters. The lowest BCUT2D eigenvalue weighted by molar-refractivity contribution is 0.423. The van der Waals surface area contributed by atoms with Crippen LogP contribution >= 0.6 is 0 Å². The molecule has 0 amide bonds. The minimum atomic E-state index is 0.684. The molecule has 1 saturated heterocycles. The molecule has 2 rings (SSSR count). The van der Waals surface area contributed by atoms with E-state index in [0.717, 1.165) is 30.6 Å². The third-order valence-electron chi connectivity index (χ3n) is 4.19. The molecule has 2 heterocycles. The fourth-order valence-corrected chi connectivity index (χ4v) is 2.81. The zero-order valence-electron chi connectivity index (χ0n) is 13.4. The van der Waals surface area contributed by atoms with Gasteiger partial charge in [0.15, 0.2) is 0 Å². The Morgan fingerprint density at radius 2 is 2.15 bits per heavy atom. The van der Waals surface area contributed by atoms with Gasteiger partial charge in [-0.05, 0) is 42.9 Å². The van der Waals surface area contributed by atoms with Crippen LogP contribution in [0.4, 0.5) is 5.69 Å². The van der Waals surface area contributed by atoms with Crippen LogP contribution < -0.4 is 10.2 Å². The van der Waals surface area contributed by atoms with Gasteiger partial charge < -0.3 is 10.2 Å². The fourth-order valence-electron chi connectivity index (χ4n) is 2.81. The van der Waals surface area contributed by atoms with Crippen molar-refractivity contribution >= 4 is 5.69 Å². The van der Waals surface area contributed by atoms with E-state index in [9.17, 15) is 0 Å². The molecule has 0 aromatic carbocycles. The van der Waals surface area contributed by atoms with Gasteiger partial charge in [-0.3, -0.25) is 4.98 Å². The Kier molecular flexibility index (Phi) is 5.41. The summed E-state index contributed by atoms with van der Waals surface area (Å²) in [5, 5.41) is 3.46. The Labute approximate surface area is 123 Å². The highest BCUT2D eigenvalue weighted by Crippen LogP contribution is 2.28. The van der Waals surface area contributed by atoms with Crippen molar-refractivity contribution in [1.82, 2.24) is 10.3 Å². The largest absolute Gasteiger partial charge is 0.371 e. The molecule has 1 aromatic rings. The number of hydrogen-bond donors (Lipinski definition) is 1. The van der Waals surface area contributed by atoms with E-state index in [1.54, 1.807) is 0 Å². The van der Waals surface area contributed by atoms with E-state index in [1.807, 2.05) is 6.20 Å². The van der Waals surface area contributed by atoms with Crippen LogP contribution in [-0.4, -0.2) is 24.6 Å². The van der Waals surface area contributed by atoms with Gasteiger partial charge in [-0.15, -0.1) is 0 Å². The molecule has 1 aliphatic heterocycles. The number of aromatic nitrogens is 1. The SMILES string of the molecule is CC(C)CNCc1cc(N2CCC(C(C)C)C2)ccn1. The van der Waals surface area contributed by atoms with E-state index >= 15 is 0 Å².